The molecule has 1 aromatic heterocycles. The molecule has 1 heterocycles. The van der Waals surface area contributed by atoms with Gasteiger partial charge >= 0.3 is 0 Å². The van der Waals surface area contributed by atoms with Crippen molar-refractivity contribution in [1.82, 2.24) is 0 Å². The van der Waals surface area contributed by atoms with Crippen LogP contribution in [0.1, 0.15) is 31.2 Å². The largest absolute Gasteiger partial charge is 0.247 e. The first-order valence-corrected chi connectivity index (χ1v) is 6.94. The molecule has 0 amide bonds. The number of aryl methyl sites for hydroxylation is 1. The number of aromatic nitrogens is 1. The van der Waals surface area contributed by atoms with Gasteiger partial charge in [-0.2, -0.15) is 4.57 Å². The predicted octanol–water partition coefficient (Wildman–Crippen LogP) is 3.44. The first-order chi connectivity index (χ1) is 7.78. The summed E-state index contributed by atoms with van der Waals surface area (Å²) in [6.45, 7) is 3.22. The van der Waals surface area contributed by atoms with E-state index in [1.807, 2.05) is 0 Å². The lowest BCUT2D eigenvalue weighted by Gasteiger charge is -2.17. The Kier molecular flexibility index (Phi) is 2.62. The van der Waals surface area contributed by atoms with Crippen molar-refractivity contribution >= 4 is 15.9 Å². The van der Waals surface area contributed by atoms with Gasteiger partial charge in [-0.15, -0.1) is 0 Å². The van der Waals surface area contributed by atoms with E-state index >= 15 is 0 Å². The van der Waals surface area contributed by atoms with Crippen molar-refractivity contribution in [2.75, 3.05) is 0 Å². The summed E-state index contributed by atoms with van der Waals surface area (Å²) in [5.74, 6) is 2.42. The number of pyridine rings is 1. The number of halogens is 1. The highest BCUT2D eigenvalue weighted by atomic mass is 79.9. The van der Waals surface area contributed by atoms with Gasteiger partial charge in [0, 0.05) is 27.6 Å². The van der Waals surface area contributed by atoms with E-state index in [0.29, 0.717) is 0 Å². The van der Waals surface area contributed by atoms with Gasteiger partial charge in [0.2, 0.25) is 4.60 Å². The molecule has 3 atom stereocenters. The van der Waals surface area contributed by atoms with E-state index in [0.717, 1.165) is 24.3 Å². The number of fused-ring (bicyclic) bond motifs is 2. The van der Waals surface area contributed by atoms with Crippen LogP contribution in [0.25, 0.3) is 0 Å². The molecule has 1 aromatic rings. The zero-order valence-electron chi connectivity index (χ0n) is 9.57. The molecule has 16 heavy (non-hydrogen) atoms. The molecule has 2 heteroatoms. The predicted molar refractivity (Wildman–Crippen MR) is 68.1 cm³/mol. The van der Waals surface area contributed by atoms with Crippen molar-refractivity contribution in [3.05, 3.63) is 40.6 Å². The van der Waals surface area contributed by atoms with Gasteiger partial charge in [-0.05, 0) is 43.6 Å². The van der Waals surface area contributed by atoms with Crippen LogP contribution >= 0.6 is 15.9 Å². The number of hydrogen-bond donors (Lipinski definition) is 0. The summed E-state index contributed by atoms with van der Waals surface area (Å²) in [5, 5.41) is 0. The van der Waals surface area contributed by atoms with Crippen molar-refractivity contribution in [2.45, 2.75) is 32.2 Å². The quantitative estimate of drug-likeness (QED) is 0.443. The number of nitrogens with zero attached hydrogens (tertiary/aromatic N) is 1. The zero-order chi connectivity index (χ0) is 11.1. The number of allylic oxidation sites excluding steroid dienone is 2. The van der Waals surface area contributed by atoms with Gasteiger partial charge in [-0.1, -0.05) is 12.2 Å². The lowest BCUT2D eigenvalue weighted by atomic mass is 9.88. The highest BCUT2D eigenvalue weighted by molar-refractivity contribution is 9.10. The maximum absolute atomic E-state index is 3.59. The average Bonchev–Trinajstić information content (AvgIpc) is 2.91. The SMILES string of the molecule is CC[n+]1cc(C2CC3C=CC2C3)ccc1Br. The summed E-state index contributed by atoms with van der Waals surface area (Å²) in [4.78, 5) is 0. The molecule has 3 rings (SSSR count). The second kappa shape index (κ2) is 3.99. The molecular weight excluding hydrogens is 262 g/mol. The van der Waals surface area contributed by atoms with Crippen LogP contribution in [0.5, 0.6) is 0 Å². The molecule has 1 fully saturated rings. The molecule has 0 spiro atoms. The summed E-state index contributed by atoms with van der Waals surface area (Å²) >= 11 is 3.59. The third-order valence-electron chi connectivity index (χ3n) is 4.04. The molecule has 0 aromatic carbocycles. The van der Waals surface area contributed by atoms with Gasteiger partial charge in [0.05, 0.1) is 0 Å². The van der Waals surface area contributed by atoms with Gasteiger partial charge in [0.1, 0.15) is 6.54 Å². The van der Waals surface area contributed by atoms with Crippen LogP contribution in [-0.4, -0.2) is 0 Å². The van der Waals surface area contributed by atoms with E-state index in [4.69, 9.17) is 0 Å². The Labute approximate surface area is 105 Å². The maximum Gasteiger partial charge on any atom is 0.247 e. The fraction of sp³-hybridized carbons (Fsp3) is 0.500. The van der Waals surface area contributed by atoms with Crippen molar-refractivity contribution in [3.63, 3.8) is 0 Å². The topological polar surface area (TPSA) is 3.88 Å². The standard InChI is InChI=1S/C14H17BrN/c1-2-16-9-12(5-6-14(16)15)13-8-10-3-4-11(13)7-10/h3-6,9-11,13H,2,7-8H2,1H3/q+1. The minimum absolute atomic E-state index is 0.765. The van der Waals surface area contributed by atoms with Crippen molar-refractivity contribution in [2.24, 2.45) is 11.8 Å². The normalized spacial score (nSPS) is 31.2. The van der Waals surface area contributed by atoms with Crippen molar-refractivity contribution in [3.8, 4) is 0 Å². The molecule has 0 aliphatic heterocycles. The molecule has 1 saturated carbocycles. The second-order valence-corrected chi connectivity index (χ2v) is 5.77. The first-order valence-electron chi connectivity index (χ1n) is 6.15. The Morgan fingerprint density at radius 1 is 1.31 bits per heavy atom. The van der Waals surface area contributed by atoms with Crippen LogP contribution in [0, 0.1) is 11.8 Å². The van der Waals surface area contributed by atoms with Crippen molar-refractivity contribution < 1.29 is 4.57 Å². The molecule has 3 unspecified atom stereocenters. The summed E-state index contributed by atoms with van der Waals surface area (Å²) in [6.07, 6.45) is 9.90. The first kappa shape index (κ1) is 10.5. The minimum atomic E-state index is 0.765. The van der Waals surface area contributed by atoms with Crippen LogP contribution in [0.2, 0.25) is 0 Å². The fourth-order valence-electron chi connectivity index (χ4n) is 3.17. The van der Waals surface area contributed by atoms with E-state index in [1.165, 1.54) is 23.0 Å². The molecule has 0 saturated heterocycles. The minimum Gasteiger partial charge on any atom is -0.193 e. The third-order valence-corrected chi connectivity index (χ3v) is 4.76. The molecule has 2 bridgehead atoms. The average molecular weight is 279 g/mol. The van der Waals surface area contributed by atoms with Gasteiger partial charge in [-0.3, -0.25) is 0 Å². The number of hydrogen-bond acceptors (Lipinski definition) is 0. The highest BCUT2D eigenvalue weighted by Crippen LogP contribution is 2.48. The molecule has 84 valence electrons. The van der Waals surface area contributed by atoms with E-state index < -0.39 is 0 Å². The van der Waals surface area contributed by atoms with E-state index in [1.54, 1.807) is 0 Å². The highest BCUT2D eigenvalue weighted by Gasteiger charge is 2.37. The van der Waals surface area contributed by atoms with Crippen molar-refractivity contribution in [1.29, 1.82) is 0 Å². The monoisotopic (exact) mass is 278 g/mol. The Hall–Kier alpha value is -0.630. The van der Waals surface area contributed by atoms with E-state index in [-0.39, 0.29) is 0 Å². The molecule has 0 radical (unpaired) electrons. The molecular formula is C14H17BrN+. The second-order valence-electron chi connectivity index (χ2n) is 4.96. The summed E-state index contributed by atoms with van der Waals surface area (Å²) < 4.78 is 3.46. The summed E-state index contributed by atoms with van der Waals surface area (Å²) in [7, 11) is 0. The Morgan fingerprint density at radius 3 is 2.81 bits per heavy atom. The van der Waals surface area contributed by atoms with Crippen LogP contribution in [0.15, 0.2) is 35.1 Å². The zero-order valence-corrected chi connectivity index (χ0v) is 11.2. The molecule has 2 aliphatic carbocycles. The third kappa shape index (κ3) is 1.64. The Morgan fingerprint density at radius 2 is 2.19 bits per heavy atom. The Bertz CT molecular complexity index is 438. The van der Waals surface area contributed by atoms with Gasteiger partial charge < -0.3 is 0 Å². The van der Waals surface area contributed by atoms with Gasteiger partial charge in [0.25, 0.3) is 0 Å². The maximum atomic E-state index is 3.59. The fourth-order valence-corrected chi connectivity index (χ4v) is 3.66. The van der Waals surface area contributed by atoms with Crippen LogP contribution in [0.4, 0.5) is 0 Å². The summed E-state index contributed by atoms with van der Waals surface area (Å²) in [5.41, 5.74) is 1.52. The molecule has 0 N–H and O–H groups in total. The lowest BCUT2D eigenvalue weighted by molar-refractivity contribution is -0.704. The Balaban J connectivity index is 1.92. The van der Waals surface area contributed by atoms with Gasteiger partial charge in [-0.25, -0.2) is 0 Å². The number of rotatable bonds is 2. The molecule has 1 nitrogen and oxygen atoms in total. The van der Waals surface area contributed by atoms with E-state index in [2.05, 4.69) is 57.9 Å². The molecule has 2 aliphatic rings. The smallest absolute Gasteiger partial charge is 0.193 e. The van der Waals surface area contributed by atoms with Gasteiger partial charge in [0.15, 0.2) is 6.20 Å². The summed E-state index contributed by atoms with van der Waals surface area (Å²) in [6, 6.07) is 4.48. The van der Waals surface area contributed by atoms with Crippen LogP contribution in [-0.2, 0) is 6.54 Å². The van der Waals surface area contributed by atoms with Crippen LogP contribution < -0.4 is 4.57 Å². The van der Waals surface area contributed by atoms with Crippen LogP contribution in [0.3, 0.4) is 0 Å². The lowest BCUT2D eigenvalue weighted by Crippen LogP contribution is -2.34. The van der Waals surface area contributed by atoms with E-state index in [9.17, 15) is 0 Å².